The monoisotopic (exact) mass is 282 g/mol. The maximum Gasteiger partial charge on any atom is 0.333 e. The molecule has 0 aromatic carbocycles. The zero-order chi connectivity index (χ0) is 14.4. The van der Waals surface area contributed by atoms with Gasteiger partial charge in [0.2, 0.25) is 0 Å². The number of ether oxygens (including phenoxy) is 3. The van der Waals surface area contributed by atoms with Crippen molar-refractivity contribution in [3.63, 3.8) is 0 Å². The highest BCUT2D eigenvalue weighted by atomic mass is 16.7. The molecular formula is C16H26O4. The molecule has 0 radical (unpaired) electrons. The van der Waals surface area contributed by atoms with Crippen molar-refractivity contribution in [2.45, 2.75) is 70.2 Å². The minimum atomic E-state index is -0.343. The van der Waals surface area contributed by atoms with Gasteiger partial charge in [-0.05, 0) is 51.9 Å². The second kappa shape index (κ2) is 7.23. The highest BCUT2D eigenvalue weighted by molar-refractivity contribution is 5.87. The van der Waals surface area contributed by atoms with Gasteiger partial charge in [0.25, 0.3) is 0 Å². The van der Waals surface area contributed by atoms with E-state index in [-0.39, 0.29) is 17.9 Å². The average Bonchev–Trinajstić information content (AvgIpc) is 2.88. The summed E-state index contributed by atoms with van der Waals surface area (Å²) in [5.74, 6) is -0.277. The molecule has 20 heavy (non-hydrogen) atoms. The number of hydrogen-bond acceptors (Lipinski definition) is 4. The van der Waals surface area contributed by atoms with Crippen molar-refractivity contribution >= 4 is 5.97 Å². The summed E-state index contributed by atoms with van der Waals surface area (Å²) >= 11 is 0. The molecule has 1 unspecified atom stereocenters. The molecule has 1 aliphatic carbocycles. The topological polar surface area (TPSA) is 44.8 Å². The van der Waals surface area contributed by atoms with Gasteiger partial charge < -0.3 is 14.2 Å². The molecule has 0 aromatic heterocycles. The van der Waals surface area contributed by atoms with E-state index in [1.807, 2.05) is 0 Å². The second-order valence-electron chi connectivity index (χ2n) is 5.98. The van der Waals surface area contributed by atoms with Gasteiger partial charge in [-0.15, -0.1) is 0 Å². The van der Waals surface area contributed by atoms with E-state index in [2.05, 4.69) is 6.58 Å². The fourth-order valence-electron chi connectivity index (χ4n) is 2.93. The maximum atomic E-state index is 11.8. The summed E-state index contributed by atoms with van der Waals surface area (Å²) in [7, 11) is 0. The van der Waals surface area contributed by atoms with Gasteiger partial charge in [-0.25, -0.2) is 4.79 Å². The van der Waals surface area contributed by atoms with Crippen LogP contribution in [0.15, 0.2) is 12.2 Å². The molecule has 0 spiro atoms. The molecule has 0 N–H and O–H groups in total. The van der Waals surface area contributed by atoms with E-state index in [9.17, 15) is 4.79 Å². The maximum absolute atomic E-state index is 11.8. The Morgan fingerprint density at radius 1 is 1.30 bits per heavy atom. The summed E-state index contributed by atoms with van der Waals surface area (Å²) < 4.78 is 17.0. The van der Waals surface area contributed by atoms with E-state index in [0.717, 1.165) is 51.6 Å². The zero-order valence-electron chi connectivity index (χ0n) is 12.5. The lowest BCUT2D eigenvalue weighted by Crippen LogP contribution is -2.34. The minimum absolute atomic E-state index is 0.0703. The van der Waals surface area contributed by atoms with Gasteiger partial charge in [-0.1, -0.05) is 6.58 Å². The van der Waals surface area contributed by atoms with Gasteiger partial charge in [-0.2, -0.15) is 0 Å². The molecule has 2 fully saturated rings. The molecule has 1 saturated carbocycles. The van der Waals surface area contributed by atoms with Gasteiger partial charge in [0.1, 0.15) is 5.60 Å². The molecular weight excluding hydrogens is 256 g/mol. The van der Waals surface area contributed by atoms with E-state index in [0.29, 0.717) is 12.2 Å². The van der Waals surface area contributed by atoms with Crippen LogP contribution >= 0.6 is 0 Å². The predicted octanol–water partition coefficient (Wildman–Crippen LogP) is 3.35. The first-order valence-corrected chi connectivity index (χ1v) is 7.73. The third kappa shape index (κ3) is 4.32. The lowest BCUT2D eigenvalue weighted by Gasteiger charge is -2.30. The normalized spacial score (nSPS) is 25.4. The van der Waals surface area contributed by atoms with Crippen molar-refractivity contribution in [1.29, 1.82) is 0 Å². The summed E-state index contributed by atoms with van der Waals surface area (Å²) in [6.45, 7) is 6.73. The Morgan fingerprint density at radius 3 is 2.65 bits per heavy atom. The Kier molecular flexibility index (Phi) is 5.61. The van der Waals surface area contributed by atoms with Crippen molar-refractivity contribution < 1.29 is 19.0 Å². The van der Waals surface area contributed by atoms with Crippen LogP contribution in [0.25, 0.3) is 0 Å². The molecule has 4 nitrogen and oxygen atoms in total. The van der Waals surface area contributed by atoms with E-state index in [1.54, 1.807) is 6.92 Å². The largest absolute Gasteiger partial charge is 0.456 e. The third-order valence-corrected chi connectivity index (χ3v) is 4.17. The summed E-state index contributed by atoms with van der Waals surface area (Å²) in [5.41, 5.74) is 0.123. The fourth-order valence-corrected chi connectivity index (χ4v) is 2.93. The first kappa shape index (κ1) is 15.5. The third-order valence-electron chi connectivity index (χ3n) is 4.17. The van der Waals surface area contributed by atoms with Crippen LogP contribution in [0.2, 0.25) is 0 Å². The van der Waals surface area contributed by atoms with E-state index in [4.69, 9.17) is 14.2 Å². The molecule has 114 valence electrons. The predicted molar refractivity (Wildman–Crippen MR) is 76.3 cm³/mol. The number of rotatable bonds is 6. The van der Waals surface area contributed by atoms with Crippen molar-refractivity contribution in [2.75, 3.05) is 13.2 Å². The molecule has 1 heterocycles. The van der Waals surface area contributed by atoms with Crippen molar-refractivity contribution in [3.05, 3.63) is 12.2 Å². The number of hydrogen-bond donors (Lipinski definition) is 0. The van der Waals surface area contributed by atoms with Crippen LogP contribution < -0.4 is 0 Å². The summed E-state index contributed by atoms with van der Waals surface area (Å²) in [5, 5.41) is 0. The second-order valence-corrected chi connectivity index (χ2v) is 5.98. The highest BCUT2D eigenvalue weighted by Gasteiger charge is 2.37. The molecule has 0 bridgehead atoms. The SMILES string of the molecule is C=C(C)C(=O)OC1(CCOC2CCCCO2)CCCC1. The summed E-state index contributed by atoms with van der Waals surface area (Å²) in [4.78, 5) is 11.8. The minimum Gasteiger partial charge on any atom is -0.456 e. The molecule has 2 rings (SSSR count). The molecule has 2 aliphatic rings. The fraction of sp³-hybridized carbons (Fsp3) is 0.812. The molecule has 1 saturated heterocycles. The number of esters is 1. The lowest BCUT2D eigenvalue weighted by atomic mass is 9.98. The van der Waals surface area contributed by atoms with Crippen molar-refractivity contribution in [3.8, 4) is 0 Å². The van der Waals surface area contributed by atoms with Crippen LogP contribution in [-0.2, 0) is 19.0 Å². The van der Waals surface area contributed by atoms with Crippen molar-refractivity contribution in [2.24, 2.45) is 0 Å². The Morgan fingerprint density at radius 2 is 2.05 bits per heavy atom. The van der Waals surface area contributed by atoms with Gasteiger partial charge in [0.05, 0.1) is 6.61 Å². The number of carbonyl (C=O) groups excluding carboxylic acids is 1. The summed E-state index contributed by atoms with van der Waals surface area (Å²) in [6.07, 6.45) is 8.04. The first-order chi connectivity index (χ1) is 9.61. The molecule has 1 atom stereocenters. The Labute approximate surface area is 121 Å². The molecule has 0 amide bonds. The van der Waals surface area contributed by atoms with E-state index < -0.39 is 0 Å². The number of carbonyl (C=O) groups is 1. The summed E-state index contributed by atoms with van der Waals surface area (Å²) in [6, 6.07) is 0. The molecule has 0 aromatic rings. The van der Waals surface area contributed by atoms with E-state index in [1.165, 1.54) is 6.42 Å². The van der Waals surface area contributed by atoms with Gasteiger partial charge in [0, 0.05) is 18.6 Å². The smallest absolute Gasteiger partial charge is 0.333 e. The highest BCUT2D eigenvalue weighted by Crippen LogP contribution is 2.37. The van der Waals surface area contributed by atoms with Crippen LogP contribution in [-0.4, -0.2) is 31.1 Å². The Hall–Kier alpha value is -0.870. The van der Waals surface area contributed by atoms with Crippen molar-refractivity contribution in [1.82, 2.24) is 0 Å². The lowest BCUT2D eigenvalue weighted by molar-refractivity contribution is -0.176. The quantitative estimate of drug-likeness (QED) is 0.553. The van der Waals surface area contributed by atoms with Crippen LogP contribution in [0.5, 0.6) is 0 Å². The molecule has 1 aliphatic heterocycles. The Balaban J connectivity index is 1.79. The van der Waals surface area contributed by atoms with E-state index >= 15 is 0 Å². The van der Waals surface area contributed by atoms with Crippen LogP contribution in [0.4, 0.5) is 0 Å². The van der Waals surface area contributed by atoms with Crippen LogP contribution in [0.3, 0.4) is 0 Å². The van der Waals surface area contributed by atoms with Gasteiger partial charge in [0.15, 0.2) is 6.29 Å². The zero-order valence-corrected chi connectivity index (χ0v) is 12.5. The average molecular weight is 282 g/mol. The Bertz CT molecular complexity index is 338. The molecule has 4 heteroatoms. The van der Waals surface area contributed by atoms with Gasteiger partial charge in [-0.3, -0.25) is 0 Å². The van der Waals surface area contributed by atoms with Crippen LogP contribution in [0.1, 0.15) is 58.3 Å². The van der Waals surface area contributed by atoms with Crippen LogP contribution in [0, 0.1) is 0 Å². The standard InChI is InChI=1S/C16H26O4/c1-13(2)15(17)20-16(8-4-5-9-16)10-12-19-14-7-3-6-11-18-14/h14H,1,3-12H2,2H3. The van der Waals surface area contributed by atoms with Gasteiger partial charge >= 0.3 is 5.97 Å². The first-order valence-electron chi connectivity index (χ1n) is 7.73.